The topological polar surface area (TPSA) is 66.4 Å². The first-order chi connectivity index (χ1) is 7.62. The monoisotopic (exact) mass is 275 g/mol. The summed E-state index contributed by atoms with van der Waals surface area (Å²) >= 11 is 2.64. The van der Waals surface area contributed by atoms with E-state index >= 15 is 0 Å². The summed E-state index contributed by atoms with van der Waals surface area (Å²) in [4.78, 5) is 0.818. The molecule has 0 aromatic carbocycles. The minimum atomic E-state index is -3.52. The van der Waals surface area contributed by atoms with Crippen LogP contribution in [-0.2, 0) is 16.6 Å². The molecule has 0 amide bonds. The summed E-state index contributed by atoms with van der Waals surface area (Å²) in [7, 11) is -3.52. The fraction of sp³-hybridized carbons (Fsp3) is 0.111. The molecule has 86 valence electrons. The molecule has 0 bridgehead atoms. The Morgan fingerprint density at radius 2 is 2.19 bits per heavy atom. The number of aliphatic hydroxyl groups excluding tert-OH is 1. The molecule has 16 heavy (non-hydrogen) atoms. The van der Waals surface area contributed by atoms with Crippen LogP contribution in [0.3, 0.4) is 0 Å². The van der Waals surface area contributed by atoms with Gasteiger partial charge in [0.05, 0.1) is 17.2 Å². The van der Waals surface area contributed by atoms with Gasteiger partial charge in [-0.05, 0) is 17.5 Å². The molecule has 0 unspecified atom stereocenters. The lowest BCUT2D eigenvalue weighted by Crippen LogP contribution is -2.11. The Kier molecular flexibility index (Phi) is 3.29. The smallest absolute Gasteiger partial charge is 0.262 e. The van der Waals surface area contributed by atoms with Gasteiger partial charge >= 0.3 is 0 Å². The van der Waals surface area contributed by atoms with Crippen molar-refractivity contribution in [3.63, 3.8) is 0 Å². The van der Waals surface area contributed by atoms with Crippen molar-refractivity contribution in [3.8, 4) is 0 Å². The number of hydrogen-bond acceptors (Lipinski definition) is 5. The van der Waals surface area contributed by atoms with E-state index in [1.165, 1.54) is 34.1 Å². The molecule has 0 atom stereocenters. The summed E-state index contributed by atoms with van der Waals surface area (Å²) < 4.78 is 26.2. The highest BCUT2D eigenvalue weighted by atomic mass is 32.2. The van der Waals surface area contributed by atoms with E-state index in [2.05, 4.69) is 4.72 Å². The molecule has 0 radical (unpaired) electrons. The Morgan fingerprint density at radius 3 is 2.75 bits per heavy atom. The molecule has 0 saturated heterocycles. The normalized spacial score (nSPS) is 11.6. The predicted molar refractivity (Wildman–Crippen MR) is 65.4 cm³/mol. The Labute approximate surface area is 101 Å². The average molecular weight is 275 g/mol. The van der Waals surface area contributed by atoms with E-state index in [1.807, 2.05) is 0 Å². The van der Waals surface area contributed by atoms with Gasteiger partial charge in [-0.2, -0.15) is 11.3 Å². The van der Waals surface area contributed by atoms with Gasteiger partial charge in [-0.15, -0.1) is 11.3 Å². The molecule has 0 saturated carbocycles. The van der Waals surface area contributed by atoms with Gasteiger partial charge in [0.2, 0.25) is 0 Å². The highest BCUT2D eigenvalue weighted by Crippen LogP contribution is 2.22. The fourth-order valence-corrected chi connectivity index (χ4v) is 3.97. The quantitative estimate of drug-likeness (QED) is 0.898. The summed E-state index contributed by atoms with van der Waals surface area (Å²) in [5.74, 6) is 0. The summed E-state index contributed by atoms with van der Waals surface area (Å²) in [6.45, 7) is -0.140. The number of nitrogens with one attached hydrogen (secondary N) is 1. The van der Waals surface area contributed by atoms with Crippen molar-refractivity contribution >= 4 is 38.4 Å². The third-order valence-electron chi connectivity index (χ3n) is 1.87. The highest BCUT2D eigenvalue weighted by molar-refractivity contribution is 7.92. The third-order valence-corrected chi connectivity index (χ3v) is 4.98. The van der Waals surface area contributed by atoms with Crippen LogP contribution in [0.2, 0.25) is 0 Å². The first-order valence-corrected chi connectivity index (χ1v) is 7.65. The van der Waals surface area contributed by atoms with E-state index in [0.29, 0.717) is 10.6 Å². The SMILES string of the molecule is O=S(=O)(Nc1ccsc1)c1csc(CO)c1. The number of rotatable bonds is 4. The molecule has 0 aliphatic rings. The standard InChI is InChI=1S/C9H9NO3S3/c11-4-8-3-9(6-15-8)16(12,13)10-7-1-2-14-5-7/h1-3,5-6,10-11H,4H2. The molecule has 7 heteroatoms. The zero-order chi connectivity index (χ0) is 11.6. The Hall–Kier alpha value is -0.890. The highest BCUT2D eigenvalue weighted by Gasteiger charge is 2.16. The van der Waals surface area contributed by atoms with Gasteiger partial charge in [0.15, 0.2) is 0 Å². The second-order valence-electron chi connectivity index (χ2n) is 3.02. The third kappa shape index (κ3) is 2.43. The lowest BCUT2D eigenvalue weighted by atomic mass is 10.5. The predicted octanol–water partition coefficient (Wildman–Crippen LogP) is 2.10. The molecule has 2 N–H and O–H groups in total. The molecular weight excluding hydrogens is 266 g/mol. The number of anilines is 1. The van der Waals surface area contributed by atoms with Gasteiger partial charge < -0.3 is 5.11 Å². The first-order valence-electron chi connectivity index (χ1n) is 4.35. The van der Waals surface area contributed by atoms with Gasteiger partial charge in [0.1, 0.15) is 0 Å². The molecular formula is C9H9NO3S3. The van der Waals surface area contributed by atoms with Crippen LogP contribution in [-0.4, -0.2) is 13.5 Å². The van der Waals surface area contributed by atoms with Crippen molar-refractivity contribution in [2.45, 2.75) is 11.5 Å². The Bertz CT molecular complexity index is 557. The fourth-order valence-electron chi connectivity index (χ4n) is 1.12. The van der Waals surface area contributed by atoms with E-state index in [-0.39, 0.29) is 11.5 Å². The second-order valence-corrected chi connectivity index (χ2v) is 6.48. The first kappa shape index (κ1) is 11.6. The molecule has 2 aromatic heterocycles. The van der Waals surface area contributed by atoms with Crippen molar-refractivity contribution in [1.29, 1.82) is 0 Å². The van der Waals surface area contributed by atoms with Crippen LogP contribution in [0.25, 0.3) is 0 Å². The van der Waals surface area contributed by atoms with Crippen molar-refractivity contribution in [1.82, 2.24) is 0 Å². The minimum Gasteiger partial charge on any atom is -0.391 e. The van der Waals surface area contributed by atoms with Crippen LogP contribution >= 0.6 is 22.7 Å². The van der Waals surface area contributed by atoms with Gasteiger partial charge in [-0.1, -0.05) is 0 Å². The van der Waals surface area contributed by atoms with Crippen LogP contribution in [0.1, 0.15) is 4.88 Å². The zero-order valence-corrected chi connectivity index (χ0v) is 10.5. The maximum Gasteiger partial charge on any atom is 0.262 e. The minimum absolute atomic E-state index is 0.140. The summed E-state index contributed by atoms with van der Waals surface area (Å²) in [6.07, 6.45) is 0. The van der Waals surface area contributed by atoms with Crippen molar-refractivity contribution < 1.29 is 13.5 Å². The molecule has 0 spiro atoms. The van der Waals surface area contributed by atoms with E-state index in [9.17, 15) is 8.42 Å². The summed E-state index contributed by atoms with van der Waals surface area (Å²) in [6, 6.07) is 3.17. The van der Waals surface area contributed by atoms with E-state index in [1.54, 1.807) is 16.8 Å². The maximum absolute atomic E-state index is 11.8. The largest absolute Gasteiger partial charge is 0.391 e. The average Bonchev–Trinajstić information content (AvgIpc) is 2.85. The Balaban J connectivity index is 2.25. The van der Waals surface area contributed by atoms with Crippen LogP contribution < -0.4 is 4.72 Å². The van der Waals surface area contributed by atoms with E-state index < -0.39 is 10.0 Å². The van der Waals surface area contributed by atoms with Gasteiger partial charge in [-0.25, -0.2) is 8.42 Å². The second kappa shape index (κ2) is 4.54. The molecule has 4 nitrogen and oxygen atoms in total. The maximum atomic E-state index is 11.8. The number of aliphatic hydroxyl groups is 1. The van der Waals surface area contributed by atoms with Gasteiger partial charge in [0.25, 0.3) is 10.0 Å². The van der Waals surface area contributed by atoms with Crippen LogP contribution in [0, 0.1) is 0 Å². The molecule has 0 aliphatic carbocycles. The van der Waals surface area contributed by atoms with Crippen molar-refractivity contribution in [3.05, 3.63) is 33.2 Å². The van der Waals surface area contributed by atoms with Gasteiger partial charge in [-0.3, -0.25) is 4.72 Å². The molecule has 2 aromatic rings. The number of hydrogen-bond donors (Lipinski definition) is 2. The van der Waals surface area contributed by atoms with Crippen LogP contribution in [0.15, 0.2) is 33.2 Å². The lowest BCUT2D eigenvalue weighted by Gasteiger charge is -2.02. The van der Waals surface area contributed by atoms with E-state index in [4.69, 9.17) is 5.11 Å². The van der Waals surface area contributed by atoms with Crippen molar-refractivity contribution in [2.24, 2.45) is 0 Å². The molecule has 0 fully saturated rings. The summed E-state index contributed by atoms with van der Waals surface area (Å²) in [5, 5.41) is 13.9. The van der Waals surface area contributed by atoms with Crippen LogP contribution in [0.5, 0.6) is 0 Å². The summed E-state index contributed by atoms with van der Waals surface area (Å²) in [5.41, 5.74) is 0.557. The zero-order valence-electron chi connectivity index (χ0n) is 8.08. The number of thiophene rings is 2. The van der Waals surface area contributed by atoms with Crippen LogP contribution in [0.4, 0.5) is 5.69 Å². The van der Waals surface area contributed by atoms with Crippen molar-refractivity contribution in [2.75, 3.05) is 4.72 Å². The number of sulfonamides is 1. The lowest BCUT2D eigenvalue weighted by molar-refractivity contribution is 0.285. The molecule has 2 heterocycles. The molecule has 2 rings (SSSR count). The Morgan fingerprint density at radius 1 is 1.38 bits per heavy atom. The van der Waals surface area contributed by atoms with E-state index in [0.717, 1.165) is 0 Å². The molecule has 0 aliphatic heterocycles. The van der Waals surface area contributed by atoms with Gasteiger partial charge in [0, 0.05) is 15.6 Å².